The van der Waals surface area contributed by atoms with Crippen molar-refractivity contribution >= 4 is 28.5 Å². The molecule has 0 saturated heterocycles. The van der Waals surface area contributed by atoms with Crippen LogP contribution in [0.3, 0.4) is 0 Å². The molecule has 3 nitrogen and oxygen atoms in total. The van der Waals surface area contributed by atoms with E-state index in [0.29, 0.717) is 10.9 Å². The first kappa shape index (κ1) is 9.98. The first-order valence-electron chi connectivity index (χ1n) is 4.21. The number of nitrogens with one attached hydrogen (secondary N) is 1. The fourth-order valence-corrected chi connectivity index (χ4v) is 1.77. The minimum Gasteiger partial charge on any atom is -0.477 e. The van der Waals surface area contributed by atoms with Crippen LogP contribution >= 0.6 is 11.6 Å². The fraction of sp³-hybridized carbons (Fsp3) is 0.100. The van der Waals surface area contributed by atoms with E-state index in [1.165, 1.54) is 6.07 Å². The van der Waals surface area contributed by atoms with Crippen LogP contribution in [0.4, 0.5) is 4.39 Å². The summed E-state index contributed by atoms with van der Waals surface area (Å²) in [4.78, 5) is 13.3. The largest absolute Gasteiger partial charge is 0.477 e. The molecule has 2 aromatic rings. The van der Waals surface area contributed by atoms with Gasteiger partial charge in [0, 0.05) is 10.4 Å². The molecule has 0 bridgehead atoms. The van der Waals surface area contributed by atoms with E-state index in [0.717, 1.165) is 6.07 Å². The minimum absolute atomic E-state index is 0.00818. The minimum atomic E-state index is -1.11. The molecule has 2 N–H and O–H groups in total. The third-order valence-electron chi connectivity index (χ3n) is 2.30. The number of benzene rings is 1. The van der Waals surface area contributed by atoms with Gasteiger partial charge in [0.2, 0.25) is 0 Å². The third-order valence-corrected chi connectivity index (χ3v) is 2.52. The van der Waals surface area contributed by atoms with Gasteiger partial charge in [0.1, 0.15) is 11.5 Å². The van der Waals surface area contributed by atoms with Crippen molar-refractivity contribution in [3.8, 4) is 0 Å². The lowest BCUT2D eigenvalue weighted by atomic mass is 10.1. The SMILES string of the molecule is Cc1c(C(=O)O)[nH]c2c(F)cc(Cl)cc12. The summed E-state index contributed by atoms with van der Waals surface area (Å²) in [6, 6.07) is 2.68. The Hall–Kier alpha value is -1.55. The lowest BCUT2D eigenvalue weighted by molar-refractivity contribution is 0.0691. The number of halogens is 2. The van der Waals surface area contributed by atoms with Crippen LogP contribution in [0.25, 0.3) is 10.9 Å². The number of carbonyl (C=O) groups is 1. The van der Waals surface area contributed by atoms with Gasteiger partial charge in [-0.15, -0.1) is 0 Å². The zero-order valence-electron chi connectivity index (χ0n) is 7.77. The van der Waals surface area contributed by atoms with E-state index in [-0.39, 0.29) is 16.2 Å². The normalized spacial score (nSPS) is 10.9. The van der Waals surface area contributed by atoms with Crippen LogP contribution < -0.4 is 0 Å². The highest BCUT2D eigenvalue weighted by Crippen LogP contribution is 2.27. The molecule has 2 rings (SSSR count). The highest BCUT2D eigenvalue weighted by Gasteiger charge is 2.16. The number of aryl methyl sites for hydroxylation is 1. The molecule has 0 unspecified atom stereocenters. The van der Waals surface area contributed by atoms with Crippen LogP contribution in [0.2, 0.25) is 5.02 Å². The molecule has 1 aromatic carbocycles. The number of rotatable bonds is 1. The highest BCUT2D eigenvalue weighted by atomic mass is 35.5. The molecule has 0 aliphatic carbocycles. The molecule has 1 aromatic heterocycles. The number of hydrogen-bond acceptors (Lipinski definition) is 1. The number of aromatic carboxylic acids is 1. The number of fused-ring (bicyclic) bond motifs is 1. The van der Waals surface area contributed by atoms with Gasteiger partial charge in [0.25, 0.3) is 0 Å². The lowest BCUT2D eigenvalue weighted by Crippen LogP contribution is -1.98. The summed E-state index contributed by atoms with van der Waals surface area (Å²) in [6.07, 6.45) is 0. The van der Waals surface area contributed by atoms with Gasteiger partial charge in [0.15, 0.2) is 0 Å². The van der Waals surface area contributed by atoms with Crippen molar-refractivity contribution in [2.24, 2.45) is 0 Å². The Morgan fingerprint density at radius 1 is 1.53 bits per heavy atom. The van der Waals surface area contributed by atoms with E-state index >= 15 is 0 Å². The summed E-state index contributed by atoms with van der Waals surface area (Å²) in [7, 11) is 0. The quantitative estimate of drug-likeness (QED) is 0.787. The van der Waals surface area contributed by atoms with Crippen molar-refractivity contribution < 1.29 is 14.3 Å². The fourth-order valence-electron chi connectivity index (χ4n) is 1.56. The van der Waals surface area contributed by atoms with Gasteiger partial charge in [-0.3, -0.25) is 0 Å². The maximum Gasteiger partial charge on any atom is 0.352 e. The highest BCUT2D eigenvalue weighted by molar-refractivity contribution is 6.31. The number of carboxylic acid groups (broad SMARTS) is 1. The van der Waals surface area contributed by atoms with Crippen molar-refractivity contribution in [3.05, 3.63) is 34.2 Å². The predicted molar refractivity (Wildman–Crippen MR) is 55.0 cm³/mol. The Labute approximate surface area is 89.5 Å². The standard InChI is InChI=1S/C10H7ClFNO2/c1-4-6-2-5(11)3-7(12)9(6)13-8(4)10(14)15/h2-3,13H,1H3,(H,14,15). The van der Waals surface area contributed by atoms with Gasteiger partial charge >= 0.3 is 5.97 Å². The average Bonchev–Trinajstić information content (AvgIpc) is 2.44. The van der Waals surface area contributed by atoms with Gasteiger partial charge in [-0.1, -0.05) is 11.6 Å². The number of carboxylic acids is 1. The van der Waals surface area contributed by atoms with E-state index in [9.17, 15) is 9.18 Å². The van der Waals surface area contributed by atoms with Gasteiger partial charge in [-0.25, -0.2) is 9.18 Å². The summed E-state index contributed by atoms with van der Waals surface area (Å²) < 4.78 is 13.4. The third kappa shape index (κ3) is 1.47. The van der Waals surface area contributed by atoms with Crippen molar-refractivity contribution in [1.29, 1.82) is 0 Å². The lowest BCUT2D eigenvalue weighted by Gasteiger charge is -1.94. The van der Waals surface area contributed by atoms with E-state index in [1.54, 1.807) is 6.92 Å². The zero-order chi connectivity index (χ0) is 11.2. The van der Waals surface area contributed by atoms with Crippen LogP contribution in [-0.4, -0.2) is 16.1 Å². The Kier molecular flexibility index (Phi) is 2.16. The van der Waals surface area contributed by atoms with Crippen LogP contribution in [0.5, 0.6) is 0 Å². The van der Waals surface area contributed by atoms with E-state index in [4.69, 9.17) is 16.7 Å². The number of aromatic amines is 1. The van der Waals surface area contributed by atoms with Crippen molar-refractivity contribution in [3.63, 3.8) is 0 Å². The molecule has 0 atom stereocenters. The molecule has 0 saturated carbocycles. The number of aromatic nitrogens is 1. The summed E-state index contributed by atoms with van der Waals surface area (Å²) in [5.41, 5.74) is 0.652. The summed E-state index contributed by atoms with van der Waals surface area (Å²) >= 11 is 5.68. The summed E-state index contributed by atoms with van der Waals surface area (Å²) in [5.74, 6) is -1.66. The zero-order valence-corrected chi connectivity index (χ0v) is 8.52. The molecule has 5 heteroatoms. The molecule has 15 heavy (non-hydrogen) atoms. The average molecular weight is 228 g/mol. The summed E-state index contributed by atoms with van der Waals surface area (Å²) in [6.45, 7) is 1.61. The Balaban J connectivity index is 2.88. The van der Waals surface area contributed by atoms with Gasteiger partial charge in [-0.2, -0.15) is 0 Å². The molecule has 0 amide bonds. The molecule has 0 radical (unpaired) electrons. The van der Waals surface area contributed by atoms with Crippen molar-refractivity contribution in [1.82, 2.24) is 4.98 Å². The first-order valence-corrected chi connectivity index (χ1v) is 4.59. The van der Waals surface area contributed by atoms with Crippen LogP contribution in [0.1, 0.15) is 16.1 Å². The molecule has 0 spiro atoms. The second kappa shape index (κ2) is 3.24. The molecule has 1 heterocycles. The van der Waals surface area contributed by atoms with E-state index in [1.807, 2.05) is 0 Å². The Morgan fingerprint density at radius 2 is 2.20 bits per heavy atom. The van der Waals surface area contributed by atoms with E-state index < -0.39 is 11.8 Å². The smallest absolute Gasteiger partial charge is 0.352 e. The molecular weight excluding hydrogens is 221 g/mol. The summed E-state index contributed by atoms with van der Waals surface area (Å²) in [5, 5.41) is 9.59. The second-order valence-electron chi connectivity index (χ2n) is 3.24. The van der Waals surface area contributed by atoms with Crippen LogP contribution in [-0.2, 0) is 0 Å². The van der Waals surface area contributed by atoms with Gasteiger partial charge in [-0.05, 0) is 24.6 Å². The maximum atomic E-state index is 13.4. The molecule has 78 valence electrons. The molecule has 0 fully saturated rings. The Morgan fingerprint density at radius 3 is 2.80 bits per heavy atom. The second-order valence-corrected chi connectivity index (χ2v) is 3.68. The van der Waals surface area contributed by atoms with Crippen LogP contribution in [0.15, 0.2) is 12.1 Å². The van der Waals surface area contributed by atoms with Crippen molar-refractivity contribution in [2.45, 2.75) is 6.92 Å². The maximum absolute atomic E-state index is 13.4. The molecule has 0 aliphatic heterocycles. The molecule has 0 aliphatic rings. The van der Waals surface area contributed by atoms with Gasteiger partial charge < -0.3 is 10.1 Å². The van der Waals surface area contributed by atoms with E-state index in [2.05, 4.69) is 4.98 Å². The molecular formula is C10H7ClFNO2. The van der Waals surface area contributed by atoms with Crippen LogP contribution in [0, 0.1) is 12.7 Å². The predicted octanol–water partition coefficient (Wildman–Crippen LogP) is 2.97. The van der Waals surface area contributed by atoms with Gasteiger partial charge in [0.05, 0.1) is 5.52 Å². The topological polar surface area (TPSA) is 53.1 Å². The number of hydrogen-bond donors (Lipinski definition) is 2. The Bertz CT molecular complexity index is 562. The van der Waals surface area contributed by atoms with Crippen molar-refractivity contribution in [2.75, 3.05) is 0 Å². The monoisotopic (exact) mass is 227 g/mol. The number of H-pyrrole nitrogens is 1. The first-order chi connectivity index (χ1) is 7.00.